The lowest BCUT2D eigenvalue weighted by atomic mass is 10.1. The Kier molecular flexibility index (Phi) is 6.98. The molecule has 13 heteroatoms. The standard InChI is InChI=1S/C18H23F3N2O7S/c1-17(2,3)29-16(25)23-9-7-22(8-10-23)12-5-6-13(15(24)28-4)14(11-12)30-31(26,27)18(19,20)21/h5-6,11H,7-10H2,1-4H3. The van der Waals surface area contributed by atoms with Gasteiger partial charge in [-0.3, -0.25) is 0 Å². The van der Waals surface area contributed by atoms with Gasteiger partial charge < -0.3 is 23.5 Å². The van der Waals surface area contributed by atoms with Crippen molar-refractivity contribution in [3.63, 3.8) is 0 Å². The quantitative estimate of drug-likeness (QED) is 0.378. The van der Waals surface area contributed by atoms with Gasteiger partial charge in [-0.05, 0) is 32.9 Å². The van der Waals surface area contributed by atoms with Gasteiger partial charge in [-0.15, -0.1) is 0 Å². The summed E-state index contributed by atoms with van der Waals surface area (Å²) in [6, 6.07) is 3.55. The molecule has 174 valence electrons. The van der Waals surface area contributed by atoms with Crippen LogP contribution in [0.1, 0.15) is 31.1 Å². The number of methoxy groups -OCH3 is 1. The largest absolute Gasteiger partial charge is 0.534 e. The van der Waals surface area contributed by atoms with Gasteiger partial charge in [0.25, 0.3) is 0 Å². The van der Waals surface area contributed by atoms with Crippen molar-refractivity contribution in [2.24, 2.45) is 0 Å². The molecule has 1 amide bonds. The second kappa shape index (κ2) is 8.81. The maximum absolute atomic E-state index is 12.7. The number of carbonyl (C=O) groups excluding carboxylic acids is 2. The number of alkyl halides is 3. The van der Waals surface area contributed by atoms with Crippen molar-refractivity contribution in [3.05, 3.63) is 23.8 Å². The highest BCUT2D eigenvalue weighted by Crippen LogP contribution is 2.32. The van der Waals surface area contributed by atoms with Crippen LogP contribution >= 0.6 is 0 Å². The monoisotopic (exact) mass is 468 g/mol. The van der Waals surface area contributed by atoms with E-state index in [0.29, 0.717) is 18.8 Å². The SMILES string of the molecule is COC(=O)c1ccc(N2CCN(C(=O)OC(C)(C)C)CC2)cc1OS(=O)(=O)C(F)(F)F. The Morgan fingerprint density at radius 1 is 1.03 bits per heavy atom. The Morgan fingerprint density at radius 3 is 2.10 bits per heavy atom. The molecule has 31 heavy (non-hydrogen) atoms. The maximum atomic E-state index is 12.7. The van der Waals surface area contributed by atoms with Crippen LogP contribution in [0, 0.1) is 0 Å². The van der Waals surface area contributed by atoms with E-state index in [2.05, 4.69) is 8.92 Å². The number of halogens is 3. The van der Waals surface area contributed by atoms with Gasteiger partial charge >= 0.3 is 27.7 Å². The third-order valence-electron chi connectivity index (χ3n) is 4.15. The zero-order valence-electron chi connectivity index (χ0n) is 17.4. The Morgan fingerprint density at radius 2 is 1.61 bits per heavy atom. The molecule has 1 aromatic carbocycles. The first-order valence-corrected chi connectivity index (χ1v) is 10.5. The summed E-state index contributed by atoms with van der Waals surface area (Å²) in [4.78, 5) is 27.2. The number of esters is 1. The van der Waals surface area contributed by atoms with Crippen LogP contribution < -0.4 is 9.08 Å². The number of anilines is 1. The molecule has 2 rings (SSSR count). The first kappa shape index (κ1) is 24.6. The van der Waals surface area contributed by atoms with Gasteiger partial charge in [0.05, 0.1) is 7.11 Å². The Labute approximate surface area is 177 Å². The third kappa shape index (κ3) is 6.15. The number of rotatable bonds is 4. The molecule has 0 N–H and O–H groups in total. The molecule has 0 atom stereocenters. The molecule has 1 fully saturated rings. The average molecular weight is 468 g/mol. The highest BCUT2D eigenvalue weighted by molar-refractivity contribution is 7.88. The summed E-state index contributed by atoms with van der Waals surface area (Å²) in [5, 5.41) is 0. The number of nitrogens with zero attached hydrogens (tertiary/aromatic N) is 2. The molecule has 0 aromatic heterocycles. The van der Waals surface area contributed by atoms with E-state index in [1.165, 1.54) is 11.0 Å². The molecule has 0 unspecified atom stereocenters. The van der Waals surface area contributed by atoms with Gasteiger partial charge in [-0.2, -0.15) is 21.6 Å². The number of benzene rings is 1. The van der Waals surface area contributed by atoms with Crippen molar-refractivity contribution in [2.75, 3.05) is 38.2 Å². The summed E-state index contributed by atoms with van der Waals surface area (Å²) in [6.45, 7) is 6.33. The molecule has 0 radical (unpaired) electrons. The molecular weight excluding hydrogens is 445 g/mol. The zero-order valence-corrected chi connectivity index (χ0v) is 18.2. The third-order valence-corrected chi connectivity index (χ3v) is 5.12. The highest BCUT2D eigenvalue weighted by Gasteiger charge is 2.49. The van der Waals surface area contributed by atoms with Crippen LogP contribution in [-0.2, 0) is 19.6 Å². The zero-order chi connectivity index (χ0) is 23.6. The van der Waals surface area contributed by atoms with E-state index < -0.39 is 44.6 Å². The molecule has 9 nitrogen and oxygen atoms in total. The Hall–Kier alpha value is -2.70. The lowest BCUT2D eigenvalue weighted by Gasteiger charge is -2.36. The summed E-state index contributed by atoms with van der Waals surface area (Å²) in [5.41, 5.74) is -6.50. The van der Waals surface area contributed by atoms with E-state index in [0.717, 1.165) is 19.2 Å². The topological polar surface area (TPSA) is 102 Å². The van der Waals surface area contributed by atoms with E-state index in [4.69, 9.17) is 4.74 Å². The van der Waals surface area contributed by atoms with Gasteiger partial charge in [-0.25, -0.2) is 9.59 Å². The minimum atomic E-state index is -6.00. The van der Waals surface area contributed by atoms with Gasteiger partial charge in [0.2, 0.25) is 0 Å². The molecule has 1 aliphatic heterocycles. The molecule has 1 heterocycles. The first-order chi connectivity index (χ1) is 14.1. The van der Waals surface area contributed by atoms with Crippen molar-refractivity contribution >= 4 is 27.9 Å². The summed E-state index contributed by atoms with van der Waals surface area (Å²) in [5.74, 6) is -1.87. The second-order valence-electron chi connectivity index (χ2n) is 7.61. The van der Waals surface area contributed by atoms with Crippen LogP contribution in [0.25, 0.3) is 0 Å². The summed E-state index contributed by atoms with van der Waals surface area (Å²) in [6.07, 6.45) is -0.492. The fourth-order valence-electron chi connectivity index (χ4n) is 2.69. The molecule has 1 saturated heterocycles. The van der Waals surface area contributed by atoms with Gasteiger partial charge in [0, 0.05) is 37.9 Å². The minimum absolute atomic E-state index is 0.269. The van der Waals surface area contributed by atoms with Crippen LogP contribution in [0.15, 0.2) is 18.2 Å². The molecule has 0 spiro atoms. The number of hydrogen-bond donors (Lipinski definition) is 0. The van der Waals surface area contributed by atoms with Gasteiger partial charge in [0.15, 0.2) is 5.75 Å². The minimum Gasteiger partial charge on any atom is -0.465 e. The summed E-state index contributed by atoms with van der Waals surface area (Å²) in [7, 11) is -5.00. The molecular formula is C18H23F3N2O7S. The number of hydrogen-bond acceptors (Lipinski definition) is 8. The predicted molar refractivity (Wildman–Crippen MR) is 103 cm³/mol. The van der Waals surface area contributed by atoms with E-state index >= 15 is 0 Å². The maximum Gasteiger partial charge on any atom is 0.534 e. The summed E-state index contributed by atoms with van der Waals surface area (Å²) >= 11 is 0. The smallest absolute Gasteiger partial charge is 0.465 e. The van der Waals surface area contributed by atoms with Gasteiger partial charge in [-0.1, -0.05) is 0 Å². The average Bonchev–Trinajstić information content (AvgIpc) is 2.65. The van der Waals surface area contributed by atoms with Crippen molar-refractivity contribution in [1.29, 1.82) is 0 Å². The van der Waals surface area contributed by atoms with Crippen LogP contribution in [0.5, 0.6) is 5.75 Å². The molecule has 0 saturated carbocycles. The number of ether oxygens (including phenoxy) is 2. The van der Waals surface area contributed by atoms with Crippen molar-refractivity contribution in [2.45, 2.75) is 31.9 Å². The van der Waals surface area contributed by atoms with E-state index in [1.807, 2.05) is 0 Å². The normalized spacial score (nSPS) is 15.5. The molecule has 0 bridgehead atoms. The highest BCUT2D eigenvalue weighted by atomic mass is 32.2. The fraction of sp³-hybridized carbons (Fsp3) is 0.556. The van der Waals surface area contributed by atoms with Crippen molar-refractivity contribution in [3.8, 4) is 5.75 Å². The van der Waals surface area contributed by atoms with Crippen molar-refractivity contribution in [1.82, 2.24) is 4.90 Å². The van der Waals surface area contributed by atoms with Crippen LogP contribution in [-0.4, -0.2) is 69.8 Å². The molecule has 1 aliphatic rings. The van der Waals surface area contributed by atoms with Gasteiger partial charge in [0.1, 0.15) is 11.2 Å². The second-order valence-corrected chi connectivity index (χ2v) is 9.15. The van der Waals surface area contributed by atoms with Crippen LogP contribution in [0.4, 0.5) is 23.7 Å². The van der Waals surface area contributed by atoms with E-state index in [1.54, 1.807) is 25.7 Å². The van der Waals surface area contributed by atoms with Crippen LogP contribution in [0.2, 0.25) is 0 Å². The number of piperazine rings is 1. The lowest BCUT2D eigenvalue weighted by Crippen LogP contribution is -2.50. The fourth-order valence-corrected chi connectivity index (χ4v) is 3.16. The van der Waals surface area contributed by atoms with E-state index in [9.17, 15) is 31.2 Å². The summed E-state index contributed by atoms with van der Waals surface area (Å²) < 4.78 is 75.1. The first-order valence-electron chi connectivity index (χ1n) is 9.10. The van der Waals surface area contributed by atoms with Crippen LogP contribution in [0.3, 0.4) is 0 Å². The Balaban J connectivity index is 2.23. The molecule has 0 aliphatic carbocycles. The van der Waals surface area contributed by atoms with Crippen molar-refractivity contribution < 1.29 is 44.8 Å². The number of carbonyl (C=O) groups is 2. The number of amides is 1. The van der Waals surface area contributed by atoms with E-state index in [-0.39, 0.29) is 13.1 Å². The Bertz CT molecular complexity index is 934. The predicted octanol–water partition coefficient (Wildman–Crippen LogP) is 2.76. The lowest BCUT2D eigenvalue weighted by molar-refractivity contribution is -0.0500. The molecule has 1 aromatic rings.